The Hall–Kier alpha value is -2.95. The SMILES string of the molecule is COc1cc2c(=O)cc(-c3ccc(O)cc3)oc2cc1O. The molecule has 0 amide bonds. The van der Waals surface area contributed by atoms with Gasteiger partial charge in [0.1, 0.15) is 17.1 Å². The molecule has 1 heterocycles. The van der Waals surface area contributed by atoms with Crippen LogP contribution in [0.3, 0.4) is 0 Å². The van der Waals surface area contributed by atoms with E-state index >= 15 is 0 Å². The number of rotatable bonds is 2. The van der Waals surface area contributed by atoms with E-state index < -0.39 is 0 Å². The summed E-state index contributed by atoms with van der Waals surface area (Å²) in [4.78, 5) is 12.2. The fraction of sp³-hybridized carbons (Fsp3) is 0.0625. The standard InChI is InChI=1S/C16H12O5/c1-20-16-6-11-12(18)7-14(21-15(11)8-13(16)19)9-2-4-10(17)5-3-9/h2-8,17,19H,1H3. The molecule has 5 nitrogen and oxygen atoms in total. The summed E-state index contributed by atoms with van der Waals surface area (Å²) in [6, 6.07) is 10.4. The van der Waals surface area contributed by atoms with Crippen LogP contribution in [0.1, 0.15) is 0 Å². The van der Waals surface area contributed by atoms with E-state index in [2.05, 4.69) is 0 Å². The lowest BCUT2D eigenvalue weighted by Crippen LogP contribution is -2.01. The molecule has 5 heteroatoms. The number of phenols is 2. The second kappa shape index (κ2) is 4.86. The van der Waals surface area contributed by atoms with Crippen molar-refractivity contribution in [1.82, 2.24) is 0 Å². The predicted molar refractivity (Wildman–Crippen MR) is 77.8 cm³/mol. The van der Waals surface area contributed by atoms with Gasteiger partial charge in [-0.3, -0.25) is 4.79 Å². The van der Waals surface area contributed by atoms with Gasteiger partial charge in [0, 0.05) is 17.7 Å². The van der Waals surface area contributed by atoms with E-state index in [4.69, 9.17) is 9.15 Å². The maximum Gasteiger partial charge on any atom is 0.193 e. The zero-order valence-electron chi connectivity index (χ0n) is 11.2. The van der Waals surface area contributed by atoms with Crippen molar-refractivity contribution in [2.24, 2.45) is 0 Å². The topological polar surface area (TPSA) is 79.9 Å². The molecular formula is C16H12O5. The van der Waals surface area contributed by atoms with Crippen LogP contribution in [0.2, 0.25) is 0 Å². The summed E-state index contributed by atoms with van der Waals surface area (Å²) < 4.78 is 10.6. The number of benzene rings is 2. The second-order valence-electron chi connectivity index (χ2n) is 4.54. The van der Waals surface area contributed by atoms with Crippen molar-refractivity contribution in [2.75, 3.05) is 7.11 Å². The summed E-state index contributed by atoms with van der Waals surface area (Å²) in [5, 5.41) is 19.4. The van der Waals surface area contributed by atoms with Crippen LogP contribution in [-0.4, -0.2) is 17.3 Å². The molecule has 0 bridgehead atoms. The lowest BCUT2D eigenvalue weighted by Gasteiger charge is -2.07. The zero-order valence-corrected chi connectivity index (χ0v) is 11.2. The number of phenolic OH excluding ortho intramolecular Hbond substituents is 2. The maximum absolute atomic E-state index is 12.2. The van der Waals surface area contributed by atoms with Crippen LogP contribution in [0, 0.1) is 0 Å². The average molecular weight is 284 g/mol. The first-order chi connectivity index (χ1) is 10.1. The summed E-state index contributed by atoms with van der Waals surface area (Å²) >= 11 is 0. The summed E-state index contributed by atoms with van der Waals surface area (Å²) in [5.74, 6) is 0.601. The van der Waals surface area contributed by atoms with Crippen molar-refractivity contribution in [3.05, 3.63) is 52.7 Å². The third-order valence-corrected chi connectivity index (χ3v) is 3.18. The quantitative estimate of drug-likeness (QED) is 0.756. The Morgan fingerprint density at radius 2 is 1.76 bits per heavy atom. The van der Waals surface area contributed by atoms with Gasteiger partial charge in [0.15, 0.2) is 16.9 Å². The highest BCUT2D eigenvalue weighted by molar-refractivity contribution is 5.82. The van der Waals surface area contributed by atoms with Gasteiger partial charge in [-0.05, 0) is 30.3 Å². The van der Waals surface area contributed by atoms with E-state index in [1.165, 1.54) is 37.4 Å². The summed E-state index contributed by atoms with van der Waals surface area (Å²) in [7, 11) is 1.41. The van der Waals surface area contributed by atoms with Crippen molar-refractivity contribution >= 4 is 11.0 Å². The van der Waals surface area contributed by atoms with Gasteiger partial charge in [-0.25, -0.2) is 0 Å². The lowest BCUT2D eigenvalue weighted by molar-refractivity contribution is 0.373. The second-order valence-corrected chi connectivity index (χ2v) is 4.54. The molecule has 21 heavy (non-hydrogen) atoms. The molecule has 0 atom stereocenters. The van der Waals surface area contributed by atoms with E-state index in [1.54, 1.807) is 12.1 Å². The van der Waals surface area contributed by atoms with Crippen LogP contribution in [0.5, 0.6) is 17.2 Å². The minimum Gasteiger partial charge on any atom is -0.508 e. The Kier molecular flexibility index (Phi) is 3.02. The molecule has 106 valence electrons. The molecule has 3 aromatic rings. The van der Waals surface area contributed by atoms with Crippen molar-refractivity contribution in [2.45, 2.75) is 0 Å². The van der Waals surface area contributed by atoms with E-state index in [1.807, 2.05) is 0 Å². The van der Waals surface area contributed by atoms with Gasteiger partial charge >= 0.3 is 0 Å². The Morgan fingerprint density at radius 1 is 1.05 bits per heavy atom. The Morgan fingerprint density at radius 3 is 2.43 bits per heavy atom. The smallest absolute Gasteiger partial charge is 0.193 e. The fourth-order valence-electron chi connectivity index (χ4n) is 2.10. The molecule has 2 aromatic carbocycles. The monoisotopic (exact) mass is 284 g/mol. The highest BCUT2D eigenvalue weighted by atomic mass is 16.5. The third-order valence-electron chi connectivity index (χ3n) is 3.18. The first-order valence-corrected chi connectivity index (χ1v) is 6.23. The number of ether oxygens (including phenoxy) is 1. The number of methoxy groups -OCH3 is 1. The highest BCUT2D eigenvalue weighted by Gasteiger charge is 2.11. The Balaban J connectivity index is 2.23. The molecule has 0 saturated heterocycles. The van der Waals surface area contributed by atoms with Crippen LogP contribution in [0.15, 0.2) is 51.7 Å². The largest absolute Gasteiger partial charge is 0.508 e. The lowest BCUT2D eigenvalue weighted by atomic mass is 10.1. The van der Waals surface area contributed by atoms with E-state index in [9.17, 15) is 15.0 Å². The normalized spacial score (nSPS) is 10.7. The van der Waals surface area contributed by atoms with Gasteiger partial charge in [-0.15, -0.1) is 0 Å². The minimum atomic E-state index is -0.238. The minimum absolute atomic E-state index is 0.101. The molecule has 3 rings (SSSR count). The van der Waals surface area contributed by atoms with Gasteiger partial charge in [0.05, 0.1) is 12.5 Å². The van der Waals surface area contributed by atoms with Gasteiger partial charge in [-0.2, -0.15) is 0 Å². The van der Waals surface area contributed by atoms with Crippen molar-refractivity contribution in [3.8, 4) is 28.6 Å². The van der Waals surface area contributed by atoms with Crippen LogP contribution < -0.4 is 10.2 Å². The molecule has 0 aliphatic heterocycles. The first kappa shape index (κ1) is 13.1. The third kappa shape index (κ3) is 2.29. The molecular weight excluding hydrogens is 272 g/mol. The van der Waals surface area contributed by atoms with Crippen LogP contribution >= 0.6 is 0 Å². The molecule has 0 aliphatic rings. The first-order valence-electron chi connectivity index (χ1n) is 6.23. The molecule has 0 radical (unpaired) electrons. The average Bonchev–Trinajstić information content (AvgIpc) is 2.47. The Bertz CT molecular complexity index is 862. The van der Waals surface area contributed by atoms with E-state index in [0.29, 0.717) is 16.7 Å². The van der Waals surface area contributed by atoms with Crippen LogP contribution in [0.25, 0.3) is 22.3 Å². The maximum atomic E-state index is 12.2. The molecule has 1 aromatic heterocycles. The molecule has 2 N–H and O–H groups in total. The molecule has 0 saturated carbocycles. The van der Waals surface area contributed by atoms with E-state index in [0.717, 1.165) is 0 Å². The van der Waals surface area contributed by atoms with E-state index in [-0.39, 0.29) is 28.3 Å². The number of fused-ring (bicyclic) bond motifs is 1. The zero-order chi connectivity index (χ0) is 15.0. The van der Waals surface area contributed by atoms with Gasteiger partial charge in [-0.1, -0.05) is 0 Å². The molecule has 0 unspecified atom stereocenters. The van der Waals surface area contributed by atoms with Crippen LogP contribution in [-0.2, 0) is 0 Å². The molecule has 0 spiro atoms. The summed E-state index contributed by atoms with van der Waals surface area (Å²) in [6.07, 6.45) is 0. The molecule has 0 aliphatic carbocycles. The highest BCUT2D eigenvalue weighted by Crippen LogP contribution is 2.31. The molecule has 0 fully saturated rings. The van der Waals surface area contributed by atoms with Crippen molar-refractivity contribution in [3.63, 3.8) is 0 Å². The van der Waals surface area contributed by atoms with Gasteiger partial charge in [0.25, 0.3) is 0 Å². The van der Waals surface area contributed by atoms with Crippen molar-refractivity contribution in [1.29, 1.82) is 0 Å². The van der Waals surface area contributed by atoms with Crippen molar-refractivity contribution < 1.29 is 19.4 Å². The number of hydrogen-bond donors (Lipinski definition) is 2. The fourth-order valence-corrected chi connectivity index (χ4v) is 2.10. The van der Waals surface area contributed by atoms with Gasteiger partial charge in [0.2, 0.25) is 0 Å². The summed E-state index contributed by atoms with van der Waals surface area (Å²) in [6.45, 7) is 0. The van der Waals surface area contributed by atoms with Crippen LogP contribution in [0.4, 0.5) is 0 Å². The summed E-state index contributed by atoms with van der Waals surface area (Å²) in [5.41, 5.74) is 0.684. The Labute approximate surface area is 119 Å². The number of hydrogen-bond acceptors (Lipinski definition) is 5. The van der Waals surface area contributed by atoms with Gasteiger partial charge < -0.3 is 19.4 Å². The number of aromatic hydroxyl groups is 2. The predicted octanol–water partition coefficient (Wildman–Crippen LogP) is 2.88.